The summed E-state index contributed by atoms with van der Waals surface area (Å²) in [5.74, 6) is 1.11. The van der Waals surface area contributed by atoms with Gasteiger partial charge in [-0.05, 0) is 5.92 Å². The molecular formula is C17H42. The average Bonchev–Trinajstić information content (AvgIpc) is 2.44. The van der Waals surface area contributed by atoms with E-state index in [-0.39, 0.29) is 7.43 Å². The van der Waals surface area contributed by atoms with Gasteiger partial charge in [0.1, 0.15) is 0 Å². The maximum Gasteiger partial charge on any atom is -0.0414 e. The maximum absolute atomic E-state index is 2.29. The smallest absolute Gasteiger partial charge is 0.0414 e. The molecule has 0 unspecified atom stereocenters. The van der Waals surface area contributed by atoms with E-state index >= 15 is 0 Å². The van der Waals surface area contributed by atoms with Crippen LogP contribution in [-0.2, 0) is 0 Å². The van der Waals surface area contributed by atoms with Gasteiger partial charge < -0.3 is 0 Å². The molecule has 0 saturated heterocycles. The topological polar surface area (TPSA) is 0 Å². The van der Waals surface area contributed by atoms with Crippen molar-refractivity contribution in [1.82, 2.24) is 0 Å². The summed E-state index contributed by atoms with van der Waals surface area (Å²) in [6, 6.07) is 0. The van der Waals surface area contributed by atoms with Gasteiger partial charge in [-0.3, -0.25) is 0 Å². The second-order valence-electron chi connectivity index (χ2n) is 3.65. The Morgan fingerprint density at radius 3 is 1.53 bits per heavy atom. The largest absolute Gasteiger partial charge is 0.0776 e. The van der Waals surface area contributed by atoms with E-state index in [1.54, 1.807) is 0 Å². The van der Waals surface area contributed by atoms with Gasteiger partial charge in [-0.15, -0.1) is 0 Å². The van der Waals surface area contributed by atoms with Crippen LogP contribution < -0.4 is 0 Å². The Kier molecular flexibility index (Phi) is 45.1. The highest BCUT2D eigenvalue weighted by atomic mass is 14.2. The summed E-state index contributed by atoms with van der Waals surface area (Å²) in [6.07, 6.45) is 11.9. The molecule has 0 atom stereocenters. The molecule has 0 nitrogen and oxygen atoms in total. The summed E-state index contributed by atoms with van der Waals surface area (Å²) >= 11 is 0. The minimum atomic E-state index is 0. The highest BCUT2D eigenvalue weighted by Gasteiger charge is 2.11. The van der Waals surface area contributed by atoms with E-state index in [4.69, 9.17) is 0 Å². The van der Waals surface area contributed by atoms with E-state index < -0.39 is 0 Å². The van der Waals surface area contributed by atoms with Crippen LogP contribution in [0.3, 0.4) is 0 Å². The van der Waals surface area contributed by atoms with Crippen molar-refractivity contribution < 1.29 is 0 Å². The summed E-state index contributed by atoms with van der Waals surface area (Å²) in [7, 11) is 0. The summed E-state index contributed by atoms with van der Waals surface area (Å²) in [5.41, 5.74) is 0. The molecule has 0 bridgehead atoms. The summed E-state index contributed by atoms with van der Waals surface area (Å²) in [5, 5.41) is 0. The van der Waals surface area contributed by atoms with E-state index in [0.717, 1.165) is 5.92 Å². The summed E-state index contributed by atoms with van der Waals surface area (Å²) in [6.45, 7) is 14.3. The third-order valence-electron chi connectivity index (χ3n) is 2.69. The van der Waals surface area contributed by atoms with E-state index in [0.29, 0.717) is 0 Å². The van der Waals surface area contributed by atoms with Gasteiger partial charge in [0.2, 0.25) is 0 Å². The van der Waals surface area contributed by atoms with Crippen molar-refractivity contribution in [3.8, 4) is 0 Å². The second-order valence-corrected chi connectivity index (χ2v) is 3.65. The van der Waals surface area contributed by atoms with Gasteiger partial charge in [0.15, 0.2) is 0 Å². The van der Waals surface area contributed by atoms with Gasteiger partial charge in [0.25, 0.3) is 0 Å². The highest BCUT2D eigenvalue weighted by molar-refractivity contribution is 4.65. The molecule has 1 aliphatic carbocycles. The molecular weight excluding hydrogens is 204 g/mol. The molecule has 1 rings (SSSR count). The zero-order valence-corrected chi connectivity index (χ0v) is 13.2. The molecule has 0 N–H and O–H groups in total. The molecule has 0 aromatic rings. The third kappa shape index (κ3) is 21.8. The fourth-order valence-electron chi connectivity index (χ4n) is 1.97. The average molecular weight is 247 g/mol. The minimum absolute atomic E-state index is 0. The molecule has 0 aliphatic heterocycles. The van der Waals surface area contributed by atoms with E-state index in [1.807, 2.05) is 41.5 Å². The van der Waals surface area contributed by atoms with Crippen LogP contribution in [0.2, 0.25) is 0 Å². The van der Waals surface area contributed by atoms with Crippen molar-refractivity contribution in [2.45, 2.75) is 107 Å². The highest BCUT2D eigenvalue weighted by Crippen LogP contribution is 2.27. The van der Waals surface area contributed by atoms with Gasteiger partial charge in [0, 0.05) is 0 Å². The standard InChI is InChI=1S/C10H20.3C2H6.CH4/c1-2-3-7-10-8-5-4-6-9-10;3*1-2;/h10H,2-9H2,1H3;3*1-2H3;1H4. The number of hydrogen-bond donors (Lipinski definition) is 0. The molecule has 0 heterocycles. The van der Waals surface area contributed by atoms with Crippen molar-refractivity contribution in [3.05, 3.63) is 0 Å². The molecule has 1 aliphatic rings. The zero-order chi connectivity index (χ0) is 13.2. The molecule has 17 heavy (non-hydrogen) atoms. The normalized spacial score (nSPS) is 13.6. The Labute approximate surface area is 114 Å². The van der Waals surface area contributed by atoms with Crippen molar-refractivity contribution in [1.29, 1.82) is 0 Å². The van der Waals surface area contributed by atoms with Crippen LogP contribution in [0.4, 0.5) is 0 Å². The van der Waals surface area contributed by atoms with Gasteiger partial charge in [-0.1, -0.05) is 107 Å². The molecule has 0 aromatic heterocycles. The van der Waals surface area contributed by atoms with Gasteiger partial charge >= 0.3 is 0 Å². The summed E-state index contributed by atoms with van der Waals surface area (Å²) < 4.78 is 0. The predicted octanol–water partition coefficient (Wildman–Crippen LogP) is 7.47. The lowest BCUT2D eigenvalue weighted by Crippen LogP contribution is -2.05. The van der Waals surface area contributed by atoms with Crippen molar-refractivity contribution in [2.24, 2.45) is 5.92 Å². The van der Waals surface area contributed by atoms with Crippen LogP contribution in [0.5, 0.6) is 0 Å². The number of unbranched alkanes of at least 4 members (excludes halogenated alkanes) is 1. The van der Waals surface area contributed by atoms with Crippen LogP contribution in [0.15, 0.2) is 0 Å². The van der Waals surface area contributed by atoms with Crippen molar-refractivity contribution in [3.63, 3.8) is 0 Å². The summed E-state index contributed by atoms with van der Waals surface area (Å²) in [4.78, 5) is 0. The van der Waals surface area contributed by atoms with Gasteiger partial charge in [0.05, 0.1) is 0 Å². The molecule has 110 valence electrons. The Morgan fingerprint density at radius 1 is 0.765 bits per heavy atom. The zero-order valence-electron chi connectivity index (χ0n) is 13.2. The van der Waals surface area contributed by atoms with E-state index in [9.17, 15) is 0 Å². The lowest BCUT2D eigenvalue weighted by molar-refractivity contribution is 0.331. The van der Waals surface area contributed by atoms with Crippen LogP contribution in [0.25, 0.3) is 0 Å². The third-order valence-corrected chi connectivity index (χ3v) is 2.69. The van der Waals surface area contributed by atoms with Crippen molar-refractivity contribution >= 4 is 0 Å². The number of rotatable bonds is 3. The first-order valence-corrected chi connectivity index (χ1v) is 7.93. The Hall–Kier alpha value is 0. The van der Waals surface area contributed by atoms with E-state index in [2.05, 4.69) is 6.92 Å². The first-order chi connectivity index (χ1) is 7.93. The fourth-order valence-corrected chi connectivity index (χ4v) is 1.97. The number of hydrogen-bond acceptors (Lipinski definition) is 0. The Balaban J connectivity index is -0.000000106. The maximum atomic E-state index is 2.29. The monoisotopic (exact) mass is 246 g/mol. The van der Waals surface area contributed by atoms with Crippen LogP contribution in [0.1, 0.15) is 107 Å². The Morgan fingerprint density at radius 2 is 1.18 bits per heavy atom. The molecule has 1 saturated carbocycles. The van der Waals surface area contributed by atoms with Crippen molar-refractivity contribution in [2.75, 3.05) is 0 Å². The lowest BCUT2D eigenvalue weighted by atomic mass is 9.86. The van der Waals surface area contributed by atoms with Crippen LogP contribution in [-0.4, -0.2) is 0 Å². The molecule has 0 heteroatoms. The predicted molar refractivity (Wildman–Crippen MR) is 86.9 cm³/mol. The first-order valence-electron chi connectivity index (χ1n) is 7.93. The lowest BCUT2D eigenvalue weighted by Gasteiger charge is -2.20. The first kappa shape index (κ1) is 25.8. The quantitative estimate of drug-likeness (QED) is 0.484. The molecule has 1 fully saturated rings. The second kappa shape index (κ2) is 29.8. The molecule has 0 aromatic carbocycles. The SMILES string of the molecule is C.CC.CC.CC.CCCCC1CCCCC1. The molecule has 0 radical (unpaired) electrons. The Bertz CT molecular complexity index is 70.1. The van der Waals surface area contributed by atoms with Gasteiger partial charge in [-0.25, -0.2) is 0 Å². The van der Waals surface area contributed by atoms with E-state index in [1.165, 1.54) is 51.4 Å². The van der Waals surface area contributed by atoms with Crippen LogP contribution >= 0.6 is 0 Å². The molecule has 0 amide bonds. The van der Waals surface area contributed by atoms with Crippen LogP contribution in [0, 0.1) is 5.92 Å². The minimum Gasteiger partial charge on any atom is -0.0776 e. The van der Waals surface area contributed by atoms with Gasteiger partial charge in [-0.2, -0.15) is 0 Å². The molecule has 0 spiro atoms. The fraction of sp³-hybridized carbons (Fsp3) is 1.00.